The summed E-state index contributed by atoms with van der Waals surface area (Å²) in [5.41, 5.74) is 1.03. The van der Waals surface area contributed by atoms with Crippen LogP contribution in [0.3, 0.4) is 0 Å². The van der Waals surface area contributed by atoms with Crippen molar-refractivity contribution in [2.24, 2.45) is 5.41 Å². The van der Waals surface area contributed by atoms with Gasteiger partial charge in [-0.25, -0.2) is 4.84 Å². The molecule has 0 aliphatic carbocycles. The van der Waals surface area contributed by atoms with Crippen molar-refractivity contribution in [1.82, 2.24) is 5.48 Å². The Bertz CT molecular complexity index is 287. The Morgan fingerprint density at radius 3 is 2.33 bits per heavy atom. The molecule has 0 aromatic rings. The Balaban J connectivity index is 2.97. The molecule has 1 aliphatic rings. The van der Waals surface area contributed by atoms with Gasteiger partial charge in [-0.2, -0.15) is 13.2 Å². The van der Waals surface area contributed by atoms with E-state index < -0.39 is 17.4 Å². The third kappa shape index (κ3) is 2.09. The van der Waals surface area contributed by atoms with E-state index >= 15 is 0 Å². The highest BCUT2D eigenvalue weighted by atomic mass is 19.4. The lowest BCUT2D eigenvalue weighted by molar-refractivity contribution is -0.346. The second-order valence-corrected chi connectivity index (χ2v) is 4.00. The number of halogens is 3. The number of hydroxylamine groups is 1. The third-order valence-electron chi connectivity index (χ3n) is 2.19. The summed E-state index contributed by atoms with van der Waals surface area (Å²) in [5.74, 6) is -3.32. The second kappa shape index (κ2) is 3.36. The summed E-state index contributed by atoms with van der Waals surface area (Å²) in [4.78, 5) is 4.08. The Labute approximate surface area is 84.3 Å². The van der Waals surface area contributed by atoms with Crippen LogP contribution in [0.4, 0.5) is 13.2 Å². The standard InChI is InChI=1S/C8H12F3NO3/c1-6(2,4-13)5-3-7(14,15-12-5)8(9,10)11/h3,12-14H,4H2,1-2H3. The molecule has 0 saturated heterocycles. The molecule has 15 heavy (non-hydrogen) atoms. The predicted octanol–water partition coefficient (Wildman–Crippen LogP) is 0.674. The van der Waals surface area contributed by atoms with Gasteiger partial charge in [-0.1, -0.05) is 13.8 Å². The van der Waals surface area contributed by atoms with Gasteiger partial charge in [0.2, 0.25) is 0 Å². The van der Waals surface area contributed by atoms with Gasteiger partial charge < -0.3 is 10.2 Å². The topological polar surface area (TPSA) is 61.7 Å². The monoisotopic (exact) mass is 227 g/mol. The Kier molecular flexibility index (Phi) is 2.75. The van der Waals surface area contributed by atoms with E-state index in [2.05, 4.69) is 4.84 Å². The molecule has 0 fully saturated rings. The molecular weight excluding hydrogens is 215 g/mol. The van der Waals surface area contributed by atoms with Crippen molar-refractivity contribution in [1.29, 1.82) is 0 Å². The summed E-state index contributed by atoms with van der Waals surface area (Å²) in [7, 11) is 0. The van der Waals surface area contributed by atoms with Crippen molar-refractivity contribution < 1.29 is 28.2 Å². The minimum absolute atomic E-state index is 0.00942. The fourth-order valence-corrected chi connectivity index (χ4v) is 0.946. The van der Waals surface area contributed by atoms with Gasteiger partial charge in [0.25, 0.3) is 0 Å². The number of hydrogen-bond donors (Lipinski definition) is 3. The van der Waals surface area contributed by atoms with Crippen LogP contribution in [0.25, 0.3) is 0 Å². The molecule has 0 bridgehead atoms. The van der Waals surface area contributed by atoms with Gasteiger partial charge in [-0.15, -0.1) is 0 Å². The fourth-order valence-electron chi connectivity index (χ4n) is 0.946. The van der Waals surface area contributed by atoms with Gasteiger partial charge in [0.1, 0.15) is 0 Å². The van der Waals surface area contributed by atoms with Gasteiger partial charge in [-0.3, -0.25) is 5.48 Å². The molecule has 4 nitrogen and oxygen atoms in total. The number of hydrogen-bond acceptors (Lipinski definition) is 4. The van der Waals surface area contributed by atoms with E-state index in [1.165, 1.54) is 13.8 Å². The fraction of sp³-hybridized carbons (Fsp3) is 0.750. The average molecular weight is 227 g/mol. The molecule has 0 spiro atoms. The number of nitrogens with one attached hydrogen (secondary N) is 1. The van der Waals surface area contributed by atoms with E-state index in [1.54, 1.807) is 0 Å². The molecule has 1 rings (SSSR count). The normalized spacial score (nSPS) is 27.5. The number of alkyl halides is 3. The van der Waals surface area contributed by atoms with Crippen molar-refractivity contribution in [3.8, 4) is 0 Å². The first-order chi connectivity index (χ1) is 6.62. The smallest absolute Gasteiger partial charge is 0.395 e. The maximum Gasteiger partial charge on any atom is 0.449 e. The van der Waals surface area contributed by atoms with E-state index in [9.17, 15) is 13.2 Å². The molecule has 0 aromatic heterocycles. The zero-order valence-corrected chi connectivity index (χ0v) is 8.22. The van der Waals surface area contributed by atoms with E-state index in [0.717, 1.165) is 0 Å². The quantitative estimate of drug-likeness (QED) is 0.649. The lowest BCUT2D eigenvalue weighted by Gasteiger charge is -2.22. The van der Waals surface area contributed by atoms with Crippen molar-refractivity contribution in [3.05, 3.63) is 11.8 Å². The van der Waals surface area contributed by atoms with Crippen LogP contribution in [-0.2, 0) is 4.84 Å². The Hall–Kier alpha value is -0.790. The van der Waals surface area contributed by atoms with E-state index in [1.807, 2.05) is 5.48 Å². The highest BCUT2D eigenvalue weighted by Gasteiger charge is 2.58. The summed E-state index contributed by atoms with van der Waals surface area (Å²) in [6.45, 7) is 2.65. The molecule has 0 aromatic carbocycles. The summed E-state index contributed by atoms with van der Waals surface area (Å²) >= 11 is 0. The van der Waals surface area contributed by atoms with Crippen LogP contribution in [0.1, 0.15) is 13.8 Å². The first-order valence-corrected chi connectivity index (χ1v) is 4.20. The van der Waals surface area contributed by atoms with Crippen LogP contribution in [0.15, 0.2) is 11.8 Å². The first kappa shape index (κ1) is 12.3. The van der Waals surface area contributed by atoms with Gasteiger partial charge in [0.05, 0.1) is 6.61 Å². The summed E-state index contributed by atoms with van der Waals surface area (Å²) in [5, 5.41) is 18.0. The molecule has 3 N–H and O–H groups in total. The van der Waals surface area contributed by atoms with Gasteiger partial charge in [-0.05, 0) is 0 Å². The molecule has 88 valence electrons. The molecular formula is C8H12F3NO3. The van der Waals surface area contributed by atoms with Crippen LogP contribution < -0.4 is 5.48 Å². The second-order valence-electron chi connectivity index (χ2n) is 4.00. The van der Waals surface area contributed by atoms with Crippen molar-refractivity contribution in [2.45, 2.75) is 25.8 Å². The molecule has 1 unspecified atom stereocenters. The molecule has 1 atom stereocenters. The molecule has 0 amide bonds. The molecule has 7 heteroatoms. The molecule has 1 heterocycles. The van der Waals surface area contributed by atoms with Crippen LogP contribution in [0.5, 0.6) is 0 Å². The van der Waals surface area contributed by atoms with Crippen LogP contribution in [-0.4, -0.2) is 28.8 Å². The van der Waals surface area contributed by atoms with Crippen LogP contribution in [0, 0.1) is 5.41 Å². The lowest BCUT2D eigenvalue weighted by Crippen LogP contribution is -2.45. The minimum atomic E-state index is -4.92. The zero-order chi connectivity index (χ0) is 11.9. The maximum atomic E-state index is 12.3. The SMILES string of the molecule is CC(C)(CO)C1=CC(O)(C(F)(F)F)ON1. The maximum absolute atomic E-state index is 12.3. The number of aliphatic hydroxyl groups excluding tert-OH is 1. The Morgan fingerprint density at radius 2 is 2.00 bits per heavy atom. The largest absolute Gasteiger partial charge is 0.449 e. The summed E-state index contributed by atoms with van der Waals surface area (Å²) < 4.78 is 36.9. The molecule has 1 aliphatic heterocycles. The van der Waals surface area contributed by atoms with Crippen molar-refractivity contribution in [2.75, 3.05) is 6.61 Å². The minimum Gasteiger partial charge on any atom is -0.395 e. The summed E-state index contributed by atoms with van der Waals surface area (Å²) in [6.07, 6.45) is -4.41. The summed E-state index contributed by atoms with van der Waals surface area (Å²) in [6, 6.07) is 0. The van der Waals surface area contributed by atoms with E-state index in [4.69, 9.17) is 10.2 Å². The van der Waals surface area contributed by atoms with Crippen LogP contribution >= 0.6 is 0 Å². The van der Waals surface area contributed by atoms with Crippen molar-refractivity contribution >= 4 is 0 Å². The van der Waals surface area contributed by atoms with Gasteiger partial charge in [0, 0.05) is 17.2 Å². The molecule has 0 saturated carbocycles. The van der Waals surface area contributed by atoms with E-state index in [0.29, 0.717) is 6.08 Å². The molecule has 0 radical (unpaired) electrons. The van der Waals surface area contributed by atoms with Gasteiger partial charge in [0.15, 0.2) is 0 Å². The predicted molar refractivity (Wildman–Crippen MR) is 44.2 cm³/mol. The number of rotatable bonds is 2. The van der Waals surface area contributed by atoms with Crippen molar-refractivity contribution in [3.63, 3.8) is 0 Å². The highest BCUT2D eigenvalue weighted by Crippen LogP contribution is 2.39. The van der Waals surface area contributed by atoms with Gasteiger partial charge >= 0.3 is 12.0 Å². The lowest BCUT2D eigenvalue weighted by atomic mass is 9.90. The Morgan fingerprint density at radius 1 is 1.47 bits per heavy atom. The number of aliphatic hydroxyl groups is 2. The first-order valence-electron chi connectivity index (χ1n) is 4.20. The van der Waals surface area contributed by atoms with E-state index in [-0.39, 0.29) is 12.3 Å². The van der Waals surface area contributed by atoms with Crippen LogP contribution in [0.2, 0.25) is 0 Å². The average Bonchev–Trinajstić information content (AvgIpc) is 2.49. The highest BCUT2D eigenvalue weighted by molar-refractivity contribution is 5.18. The third-order valence-corrected chi connectivity index (χ3v) is 2.19. The zero-order valence-electron chi connectivity index (χ0n) is 8.22.